The van der Waals surface area contributed by atoms with Gasteiger partial charge in [-0.05, 0) is 61.1 Å². The van der Waals surface area contributed by atoms with Crippen LogP contribution < -0.4 is 15.8 Å². The second-order valence-electron chi connectivity index (χ2n) is 11.3. The van der Waals surface area contributed by atoms with Gasteiger partial charge < -0.3 is 25.6 Å². The second kappa shape index (κ2) is 10.6. The van der Waals surface area contributed by atoms with E-state index < -0.39 is 0 Å². The number of ether oxygens (including phenoxy) is 1. The number of hydrogen-bond donors (Lipinski definition) is 2. The summed E-state index contributed by atoms with van der Waals surface area (Å²) < 4.78 is 8.08. The van der Waals surface area contributed by atoms with Crippen LogP contribution in [-0.4, -0.2) is 81.9 Å². The van der Waals surface area contributed by atoms with E-state index in [1.807, 2.05) is 54.6 Å². The smallest absolute Gasteiger partial charge is 0.164 e. The zero-order valence-electron chi connectivity index (χ0n) is 22.2. The average molecular weight is 525 g/mol. The fraction of sp³-hybridized carbons (Fsp3) is 0.433. The van der Waals surface area contributed by atoms with E-state index in [9.17, 15) is 0 Å². The van der Waals surface area contributed by atoms with E-state index in [1.165, 1.54) is 39.3 Å². The third-order valence-corrected chi connectivity index (χ3v) is 8.46. The molecule has 5 heterocycles. The summed E-state index contributed by atoms with van der Waals surface area (Å²) in [4.78, 5) is 14.2. The largest absolute Gasteiger partial charge is 0.457 e. The first-order chi connectivity index (χ1) is 19.2. The van der Waals surface area contributed by atoms with Crippen LogP contribution in [-0.2, 0) is 0 Å². The van der Waals surface area contributed by atoms with Gasteiger partial charge in [0, 0.05) is 57.9 Å². The van der Waals surface area contributed by atoms with Gasteiger partial charge in [0.2, 0.25) is 0 Å². The number of nitrogens with zero attached hydrogens (tertiary/aromatic N) is 6. The molecule has 3 fully saturated rings. The first kappa shape index (κ1) is 24.5. The van der Waals surface area contributed by atoms with Crippen LogP contribution in [0.4, 0.5) is 5.82 Å². The monoisotopic (exact) mass is 524 g/mol. The molecular formula is C30H36N8O. The van der Waals surface area contributed by atoms with E-state index in [2.05, 4.69) is 29.8 Å². The van der Waals surface area contributed by atoms with Crippen LogP contribution in [0, 0.1) is 11.8 Å². The molecule has 0 amide bonds. The zero-order valence-corrected chi connectivity index (χ0v) is 22.2. The summed E-state index contributed by atoms with van der Waals surface area (Å²) in [6.07, 6.45) is 3.68. The van der Waals surface area contributed by atoms with Crippen LogP contribution in [0.1, 0.15) is 18.9 Å². The number of rotatable bonds is 8. The maximum Gasteiger partial charge on any atom is 0.164 e. The molecule has 0 radical (unpaired) electrons. The number of hydrogen-bond acceptors (Lipinski definition) is 8. The number of nitrogens with two attached hydrogens (primary N) is 1. The molecule has 7 rings (SSSR count). The van der Waals surface area contributed by atoms with Crippen molar-refractivity contribution in [3.63, 3.8) is 0 Å². The molecule has 3 N–H and O–H groups in total. The highest BCUT2D eigenvalue weighted by Gasteiger charge is 2.33. The third-order valence-electron chi connectivity index (χ3n) is 8.46. The summed E-state index contributed by atoms with van der Waals surface area (Å²) in [5.74, 6) is 3.74. The lowest BCUT2D eigenvalue weighted by molar-refractivity contribution is 0.0377. The Hall–Kier alpha value is -3.53. The lowest BCUT2D eigenvalue weighted by atomic mass is 9.94. The van der Waals surface area contributed by atoms with Crippen LogP contribution in [0.2, 0.25) is 0 Å². The van der Waals surface area contributed by atoms with Gasteiger partial charge in [0.1, 0.15) is 29.3 Å². The molecule has 0 aliphatic carbocycles. The molecule has 3 aliphatic rings. The summed E-state index contributed by atoms with van der Waals surface area (Å²) in [6.45, 7) is 9.58. The van der Waals surface area contributed by atoms with Crippen molar-refractivity contribution >= 4 is 16.9 Å². The molecule has 3 aliphatic heterocycles. The van der Waals surface area contributed by atoms with Crippen LogP contribution in [0.5, 0.6) is 11.5 Å². The predicted molar refractivity (Wildman–Crippen MR) is 153 cm³/mol. The van der Waals surface area contributed by atoms with Crippen molar-refractivity contribution in [1.29, 1.82) is 0 Å². The van der Waals surface area contributed by atoms with Crippen molar-refractivity contribution in [2.75, 3.05) is 58.1 Å². The van der Waals surface area contributed by atoms with Crippen molar-refractivity contribution in [1.82, 2.24) is 34.9 Å². The van der Waals surface area contributed by atoms with Gasteiger partial charge in [-0.25, -0.2) is 14.6 Å². The highest BCUT2D eigenvalue weighted by atomic mass is 16.5. The molecule has 39 heavy (non-hydrogen) atoms. The SMILES string of the molecule is Nc1ncnc2c1c(-c1ccc(Oc3ccccc3)cc1)nn2C1CCN(CC2CN(CC3CNC3)C2)CC1. The van der Waals surface area contributed by atoms with Crippen LogP contribution in [0.3, 0.4) is 0 Å². The molecule has 9 heteroatoms. The van der Waals surface area contributed by atoms with E-state index in [0.29, 0.717) is 11.9 Å². The van der Waals surface area contributed by atoms with Crippen molar-refractivity contribution in [2.45, 2.75) is 18.9 Å². The zero-order chi connectivity index (χ0) is 26.2. The first-order valence-corrected chi connectivity index (χ1v) is 14.2. The molecule has 0 bridgehead atoms. The Kier molecular flexibility index (Phi) is 6.64. The Morgan fingerprint density at radius 2 is 1.56 bits per heavy atom. The van der Waals surface area contributed by atoms with Gasteiger partial charge in [-0.15, -0.1) is 0 Å². The molecular weight excluding hydrogens is 488 g/mol. The van der Waals surface area contributed by atoms with Crippen LogP contribution in [0.15, 0.2) is 60.9 Å². The lowest BCUT2D eigenvalue weighted by Gasteiger charge is -2.45. The minimum absolute atomic E-state index is 0.302. The van der Waals surface area contributed by atoms with E-state index in [0.717, 1.165) is 71.6 Å². The van der Waals surface area contributed by atoms with E-state index in [-0.39, 0.29) is 0 Å². The summed E-state index contributed by atoms with van der Waals surface area (Å²) in [5.41, 5.74) is 9.00. The van der Waals surface area contributed by atoms with Gasteiger partial charge >= 0.3 is 0 Å². The van der Waals surface area contributed by atoms with Gasteiger partial charge in [0.05, 0.1) is 11.4 Å². The molecule has 3 saturated heterocycles. The highest BCUT2D eigenvalue weighted by Crippen LogP contribution is 2.35. The number of benzene rings is 2. The summed E-state index contributed by atoms with van der Waals surface area (Å²) in [5, 5.41) is 9.29. The molecule has 202 valence electrons. The Bertz CT molecular complexity index is 1400. The van der Waals surface area contributed by atoms with Crippen LogP contribution in [0.25, 0.3) is 22.3 Å². The lowest BCUT2D eigenvalue weighted by Crippen LogP contribution is -2.57. The number of piperidine rings is 1. The Morgan fingerprint density at radius 1 is 0.846 bits per heavy atom. The number of anilines is 1. The van der Waals surface area contributed by atoms with Crippen molar-refractivity contribution in [3.8, 4) is 22.8 Å². The number of nitrogens with one attached hydrogen (secondary N) is 1. The van der Waals surface area contributed by atoms with Gasteiger partial charge in [-0.2, -0.15) is 5.10 Å². The van der Waals surface area contributed by atoms with Gasteiger partial charge in [0.25, 0.3) is 0 Å². The Labute approximate surface area is 229 Å². The van der Waals surface area contributed by atoms with Crippen molar-refractivity contribution in [3.05, 3.63) is 60.9 Å². The van der Waals surface area contributed by atoms with Gasteiger partial charge in [-0.1, -0.05) is 18.2 Å². The number of para-hydroxylation sites is 1. The molecule has 2 aromatic carbocycles. The number of likely N-dealkylation sites (tertiary alicyclic amines) is 2. The quantitative estimate of drug-likeness (QED) is 0.361. The minimum Gasteiger partial charge on any atom is -0.457 e. The molecule has 4 aromatic rings. The van der Waals surface area contributed by atoms with Crippen molar-refractivity contribution in [2.24, 2.45) is 11.8 Å². The van der Waals surface area contributed by atoms with E-state index in [4.69, 9.17) is 15.6 Å². The Balaban J connectivity index is 1.03. The number of nitrogen functional groups attached to an aromatic ring is 1. The van der Waals surface area contributed by atoms with Crippen molar-refractivity contribution < 1.29 is 4.74 Å². The predicted octanol–water partition coefficient (Wildman–Crippen LogP) is 3.66. The van der Waals surface area contributed by atoms with Crippen LogP contribution >= 0.6 is 0 Å². The number of aromatic nitrogens is 4. The maximum atomic E-state index is 6.38. The van der Waals surface area contributed by atoms with E-state index >= 15 is 0 Å². The fourth-order valence-electron chi connectivity index (χ4n) is 6.25. The molecule has 0 saturated carbocycles. The minimum atomic E-state index is 0.302. The molecule has 0 spiro atoms. The molecule has 2 aromatic heterocycles. The second-order valence-corrected chi connectivity index (χ2v) is 11.3. The maximum absolute atomic E-state index is 6.38. The topological polar surface area (TPSA) is 97.4 Å². The number of fused-ring (bicyclic) bond motifs is 1. The normalized spacial score (nSPS) is 19.7. The molecule has 9 nitrogen and oxygen atoms in total. The molecule has 0 atom stereocenters. The molecule has 0 unspecified atom stereocenters. The van der Waals surface area contributed by atoms with Gasteiger partial charge in [-0.3, -0.25) is 0 Å². The third kappa shape index (κ3) is 5.09. The average Bonchev–Trinajstić information content (AvgIpc) is 3.31. The summed E-state index contributed by atoms with van der Waals surface area (Å²) in [6, 6.07) is 18.1. The first-order valence-electron chi connectivity index (χ1n) is 14.2. The van der Waals surface area contributed by atoms with Gasteiger partial charge in [0.15, 0.2) is 5.65 Å². The summed E-state index contributed by atoms with van der Waals surface area (Å²) in [7, 11) is 0. The standard InChI is InChI=1S/C30H36N8O/c31-29-27-28(23-6-8-26(9-7-23)39-25-4-2-1-3-5-25)35-38(30(27)34-20-33-29)24-10-12-36(13-11-24)17-22-18-37(19-22)16-21-14-32-15-21/h1-9,20-22,24,32H,10-19H2,(H2,31,33,34). The fourth-order valence-corrected chi connectivity index (χ4v) is 6.25. The Morgan fingerprint density at radius 3 is 2.28 bits per heavy atom. The summed E-state index contributed by atoms with van der Waals surface area (Å²) >= 11 is 0. The van der Waals surface area contributed by atoms with E-state index in [1.54, 1.807) is 6.33 Å². The highest BCUT2D eigenvalue weighted by molar-refractivity contribution is 5.98.